The molecule has 0 bridgehead atoms. The first kappa shape index (κ1) is 45.6. The number of ketones is 2. The summed E-state index contributed by atoms with van der Waals surface area (Å²) in [5.41, 5.74) is -0.361. The van der Waals surface area contributed by atoms with Crippen LogP contribution in [-0.4, -0.2) is 94.7 Å². The zero-order valence-corrected chi connectivity index (χ0v) is 36.2. The minimum Gasteiger partial charge on any atom is -0.492 e. The molecular weight excluding hydrogens is 822 g/mol. The summed E-state index contributed by atoms with van der Waals surface area (Å²) in [6.07, 6.45) is -4.24. The van der Waals surface area contributed by atoms with Crippen LogP contribution in [0.15, 0.2) is 54.6 Å². The number of carbonyl (C=O) groups excluding carboxylic acids is 4. The lowest BCUT2D eigenvalue weighted by atomic mass is 9.93. The van der Waals surface area contributed by atoms with Gasteiger partial charge in [-0.1, -0.05) is 13.8 Å². The molecule has 0 spiro atoms. The fraction of sp³-hybridized carbons (Fsp3) is 0.444. The normalized spacial score (nSPS) is 20.9. The molecule has 6 rings (SSSR count). The summed E-state index contributed by atoms with van der Waals surface area (Å²) in [6.45, 7) is 13.9. The van der Waals surface area contributed by atoms with Crippen molar-refractivity contribution in [2.45, 2.75) is 96.6 Å². The first-order valence-corrected chi connectivity index (χ1v) is 20.8. The van der Waals surface area contributed by atoms with Gasteiger partial charge in [-0.3, -0.25) is 33.9 Å². The Morgan fingerprint density at radius 2 is 1.65 bits per heavy atom. The van der Waals surface area contributed by atoms with Gasteiger partial charge in [-0.05, 0) is 112 Å². The topological polar surface area (TPSA) is 162 Å². The summed E-state index contributed by atoms with van der Waals surface area (Å²) in [4.78, 5) is 58.3. The number of ether oxygens (including phenoxy) is 1. The van der Waals surface area contributed by atoms with Crippen molar-refractivity contribution in [1.29, 1.82) is 10.5 Å². The van der Waals surface area contributed by atoms with E-state index in [2.05, 4.69) is 40.4 Å². The van der Waals surface area contributed by atoms with E-state index in [1.807, 2.05) is 26.0 Å². The maximum atomic E-state index is 13.8. The van der Waals surface area contributed by atoms with Crippen LogP contribution in [0.3, 0.4) is 0 Å². The highest BCUT2D eigenvalue weighted by atomic mass is 32.1. The number of hydrogen-bond acceptors (Lipinski definition) is 11. The average Bonchev–Trinajstić information content (AvgIpc) is 3.38. The van der Waals surface area contributed by atoms with Crippen molar-refractivity contribution in [3.63, 3.8) is 0 Å². The van der Waals surface area contributed by atoms with Gasteiger partial charge in [0.2, 0.25) is 5.91 Å². The van der Waals surface area contributed by atoms with E-state index in [4.69, 9.17) is 17.0 Å². The van der Waals surface area contributed by atoms with Crippen LogP contribution in [0.5, 0.6) is 5.75 Å². The molecular formula is C45H49F3N8O5S. The van der Waals surface area contributed by atoms with Crippen molar-refractivity contribution in [2.24, 2.45) is 0 Å². The lowest BCUT2D eigenvalue weighted by molar-refractivity contribution is -0.138. The van der Waals surface area contributed by atoms with Gasteiger partial charge in [0, 0.05) is 55.2 Å². The van der Waals surface area contributed by atoms with Crippen LogP contribution in [0.25, 0.3) is 0 Å². The predicted octanol–water partition coefficient (Wildman–Crippen LogP) is 7.00. The van der Waals surface area contributed by atoms with Gasteiger partial charge in [0.15, 0.2) is 10.9 Å². The van der Waals surface area contributed by atoms with Gasteiger partial charge in [-0.15, -0.1) is 0 Å². The third-order valence-corrected chi connectivity index (χ3v) is 11.9. The Labute approximate surface area is 364 Å². The van der Waals surface area contributed by atoms with E-state index in [9.17, 15) is 42.9 Å². The zero-order chi connectivity index (χ0) is 45.3. The Morgan fingerprint density at radius 3 is 2.27 bits per heavy atom. The molecule has 3 aromatic carbocycles. The molecule has 2 amide bonds. The summed E-state index contributed by atoms with van der Waals surface area (Å²) < 4.78 is 47.9. The number of Topliss-reactive ketones (excluding diaryl/α,β-unsaturated/α-hetero) is 2. The SMILES string of the molecule is CC(C)c1cc(N2C(=S)N(c3ccc(C#N)c(C(F)(F)F)c3)C(=O)C2(C)C)ccc1OCCN1C[C@@H](C)N(CC(=O)Nc2cc(C#N)cc(NC3CCC(=O)CC3=O)c2)[C@@H](C)C1. The minimum absolute atomic E-state index is 0.00286. The van der Waals surface area contributed by atoms with Gasteiger partial charge < -0.3 is 20.3 Å². The molecule has 2 heterocycles. The quantitative estimate of drug-likeness (QED) is 0.142. The van der Waals surface area contributed by atoms with Gasteiger partial charge in [-0.2, -0.15) is 23.7 Å². The summed E-state index contributed by atoms with van der Waals surface area (Å²) in [5.74, 6) is -0.396. The Morgan fingerprint density at radius 1 is 0.968 bits per heavy atom. The van der Waals surface area contributed by atoms with Crippen molar-refractivity contribution < 1.29 is 37.1 Å². The number of halogens is 3. The predicted molar refractivity (Wildman–Crippen MR) is 232 cm³/mol. The number of amides is 2. The molecule has 3 fully saturated rings. The van der Waals surface area contributed by atoms with Gasteiger partial charge in [0.05, 0.1) is 53.5 Å². The molecule has 1 saturated carbocycles. The number of nitrogens with one attached hydrogen (secondary N) is 2. The number of nitrogens with zero attached hydrogens (tertiary/aromatic N) is 6. The second-order valence-corrected chi connectivity index (χ2v) is 17.3. The first-order chi connectivity index (χ1) is 29.2. The van der Waals surface area contributed by atoms with E-state index in [1.54, 1.807) is 49.1 Å². The fourth-order valence-electron chi connectivity index (χ4n) is 8.40. The number of carbonyl (C=O) groups is 4. The summed E-state index contributed by atoms with van der Waals surface area (Å²) in [7, 11) is 0. The molecule has 2 aliphatic heterocycles. The highest BCUT2D eigenvalue weighted by Gasteiger charge is 2.51. The van der Waals surface area contributed by atoms with E-state index < -0.39 is 34.8 Å². The number of rotatable bonds is 12. The van der Waals surface area contributed by atoms with E-state index >= 15 is 0 Å². The molecule has 1 aliphatic carbocycles. The maximum Gasteiger partial charge on any atom is 0.417 e. The van der Waals surface area contributed by atoms with Gasteiger partial charge >= 0.3 is 6.18 Å². The molecule has 0 aromatic heterocycles. The number of thiocarbonyl (C=S) groups is 1. The standard InChI is InChI=1S/C45H49F3N8O5S/c1-26(2)36-18-34(56-43(62)55(42(60)44(56,5)6)33-8-7-30(22-50)37(19-33)45(46,47)48)9-12-40(36)61-14-13-53-23-27(3)54(28(4)24-53)25-41(59)52-32-16-29(21-49)15-31(17-32)51-38-11-10-35(57)20-39(38)58/h7-9,12,15-19,26-28,38,51H,10-11,13-14,20,23-25H2,1-6H3,(H,52,59)/t27-,28+,38?. The van der Waals surface area contributed by atoms with Crippen molar-refractivity contribution in [3.05, 3.63) is 76.9 Å². The van der Waals surface area contributed by atoms with Crippen LogP contribution in [0.4, 0.5) is 35.9 Å². The molecule has 0 radical (unpaired) electrons. The van der Waals surface area contributed by atoms with Crippen molar-refractivity contribution in [3.8, 4) is 17.9 Å². The number of benzene rings is 3. The second kappa shape index (κ2) is 18.2. The summed E-state index contributed by atoms with van der Waals surface area (Å²) >= 11 is 5.75. The second-order valence-electron chi connectivity index (χ2n) is 16.9. The minimum atomic E-state index is -4.81. The Kier molecular flexibility index (Phi) is 13.4. The van der Waals surface area contributed by atoms with Crippen LogP contribution in [0, 0.1) is 22.7 Å². The molecule has 326 valence electrons. The molecule has 3 atom stereocenters. The fourth-order valence-corrected chi connectivity index (χ4v) is 8.92. The monoisotopic (exact) mass is 870 g/mol. The molecule has 3 aromatic rings. The first-order valence-electron chi connectivity index (χ1n) is 20.4. The molecule has 2 saturated heterocycles. The van der Waals surface area contributed by atoms with Gasteiger partial charge in [0.1, 0.15) is 23.7 Å². The molecule has 17 heteroatoms. The van der Waals surface area contributed by atoms with Crippen LogP contribution < -0.4 is 25.2 Å². The third kappa shape index (κ3) is 9.75. The Hall–Kier alpha value is -5.88. The van der Waals surface area contributed by atoms with Crippen molar-refractivity contribution in [2.75, 3.05) is 53.2 Å². The van der Waals surface area contributed by atoms with E-state index in [0.29, 0.717) is 67.5 Å². The maximum absolute atomic E-state index is 13.8. The number of alkyl halides is 3. The Balaban J connectivity index is 1.06. The number of piperazine rings is 1. The van der Waals surface area contributed by atoms with Crippen LogP contribution >= 0.6 is 12.2 Å². The molecule has 62 heavy (non-hydrogen) atoms. The molecule has 2 N–H and O–H groups in total. The van der Waals surface area contributed by atoms with Crippen molar-refractivity contribution in [1.82, 2.24) is 9.80 Å². The summed E-state index contributed by atoms with van der Waals surface area (Å²) in [6, 6.07) is 16.6. The molecule has 13 nitrogen and oxygen atoms in total. The highest BCUT2D eigenvalue weighted by Crippen LogP contribution is 2.41. The zero-order valence-electron chi connectivity index (χ0n) is 35.4. The van der Waals surface area contributed by atoms with E-state index in [1.165, 1.54) is 6.07 Å². The van der Waals surface area contributed by atoms with E-state index in [0.717, 1.165) is 22.6 Å². The number of nitriles is 2. The highest BCUT2D eigenvalue weighted by molar-refractivity contribution is 7.81. The van der Waals surface area contributed by atoms with Crippen molar-refractivity contribution >= 4 is 63.5 Å². The smallest absolute Gasteiger partial charge is 0.417 e. The lowest BCUT2D eigenvalue weighted by Gasteiger charge is -2.44. The van der Waals surface area contributed by atoms with Crippen LogP contribution in [-0.2, 0) is 25.4 Å². The molecule has 1 unspecified atom stereocenters. The lowest BCUT2D eigenvalue weighted by Crippen LogP contribution is -2.58. The van der Waals surface area contributed by atoms with Crippen LogP contribution in [0.1, 0.15) is 89.0 Å². The number of hydrogen-bond donors (Lipinski definition) is 2. The molecule has 3 aliphatic rings. The van der Waals surface area contributed by atoms with Gasteiger partial charge in [-0.25, -0.2) is 0 Å². The largest absolute Gasteiger partial charge is 0.492 e. The third-order valence-electron chi connectivity index (χ3n) is 11.6. The van der Waals surface area contributed by atoms with Crippen LogP contribution in [0.2, 0.25) is 0 Å². The number of anilines is 4. The van der Waals surface area contributed by atoms with E-state index in [-0.39, 0.29) is 59.2 Å². The van der Waals surface area contributed by atoms with Gasteiger partial charge in [0.25, 0.3) is 5.91 Å². The Bertz CT molecular complexity index is 2360. The summed E-state index contributed by atoms with van der Waals surface area (Å²) in [5, 5.41) is 24.9. The average molecular weight is 871 g/mol.